The van der Waals surface area contributed by atoms with Gasteiger partial charge in [-0.2, -0.15) is 5.10 Å². The molecule has 2 N–H and O–H groups in total. The third-order valence-electron chi connectivity index (χ3n) is 4.35. The summed E-state index contributed by atoms with van der Waals surface area (Å²) in [5.74, 6) is -1.02. The Labute approximate surface area is 215 Å². The summed E-state index contributed by atoms with van der Waals surface area (Å²) in [6.45, 7) is 0.210. The monoisotopic (exact) mass is 539 g/mol. The topological polar surface area (TPSA) is 89.0 Å². The molecule has 3 rings (SSSR count). The number of ether oxygens (including phenoxy) is 2. The minimum atomic E-state index is -0.987. The number of hydrogen-bond acceptors (Lipinski definition) is 5. The van der Waals surface area contributed by atoms with Crippen LogP contribution in [0.3, 0.4) is 0 Å². The van der Waals surface area contributed by atoms with Gasteiger partial charge in [0, 0.05) is 20.6 Å². The number of nitrogens with one attached hydrogen (secondary N) is 2. The predicted molar refractivity (Wildman–Crippen MR) is 135 cm³/mol. The van der Waals surface area contributed by atoms with E-state index in [0.717, 1.165) is 5.56 Å². The van der Waals surface area contributed by atoms with Gasteiger partial charge in [0.1, 0.15) is 6.61 Å². The Morgan fingerprint density at radius 1 is 0.882 bits per heavy atom. The summed E-state index contributed by atoms with van der Waals surface area (Å²) < 4.78 is 11.2. The minimum absolute atomic E-state index is 0.207. The highest BCUT2D eigenvalue weighted by atomic mass is 35.5. The molecule has 0 unspecified atom stereocenters. The molecule has 0 saturated heterocycles. The molecule has 0 aliphatic carbocycles. The molecule has 0 radical (unpaired) electrons. The number of nitrogens with zero attached hydrogens (tertiary/aromatic N) is 1. The third-order valence-corrected chi connectivity index (χ3v) is 5.50. The first kappa shape index (κ1) is 25.6. The fourth-order valence-electron chi connectivity index (χ4n) is 2.67. The highest BCUT2D eigenvalue weighted by Crippen LogP contribution is 2.30. The Bertz CT molecular complexity index is 1250. The number of anilines is 1. The highest BCUT2D eigenvalue weighted by Gasteiger charge is 2.15. The van der Waals surface area contributed by atoms with Gasteiger partial charge < -0.3 is 14.8 Å². The van der Waals surface area contributed by atoms with Crippen molar-refractivity contribution < 1.29 is 19.1 Å². The normalized spacial score (nSPS) is 10.7. The zero-order chi connectivity index (χ0) is 24.7. The van der Waals surface area contributed by atoms with E-state index in [2.05, 4.69) is 15.8 Å². The number of rotatable bonds is 7. The minimum Gasteiger partial charge on any atom is -0.493 e. The van der Waals surface area contributed by atoms with Crippen LogP contribution in [0.25, 0.3) is 0 Å². The Balaban J connectivity index is 1.59. The molecule has 7 nitrogen and oxygen atoms in total. The van der Waals surface area contributed by atoms with Crippen molar-refractivity contribution in [3.05, 3.63) is 85.8 Å². The summed E-state index contributed by atoms with van der Waals surface area (Å²) in [5, 5.41) is 7.78. The van der Waals surface area contributed by atoms with E-state index in [1.165, 1.54) is 25.5 Å². The van der Waals surface area contributed by atoms with Crippen LogP contribution in [0.2, 0.25) is 20.1 Å². The molecule has 0 aliphatic heterocycles. The number of methoxy groups -OCH3 is 1. The molecule has 34 heavy (non-hydrogen) atoms. The first-order chi connectivity index (χ1) is 16.3. The fourth-order valence-corrected chi connectivity index (χ4v) is 3.47. The lowest BCUT2D eigenvalue weighted by Gasteiger charge is -2.12. The number of carbonyl (C=O) groups excluding carboxylic acids is 2. The molecule has 0 atom stereocenters. The molecular formula is C23H17Cl4N3O4. The van der Waals surface area contributed by atoms with E-state index in [9.17, 15) is 9.59 Å². The molecule has 0 heterocycles. The highest BCUT2D eigenvalue weighted by molar-refractivity contribution is 6.42. The Hall–Kier alpha value is -2.97. The van der Waals surface area contributed by atoms with E-state index in [0.29, 0.717) is 32.1 Å². The van der Waals surface area contributed by atoms with Crippen LogP contribution in [0, 0.1) is 0 Å². The van der Waals surface area contributed by atoms with Gasteiger partial charge in [0.25, 0.3) is 0 Å². The van der Waals surface area contributed by atoms with Gasteiger partial charge in [-0.3, -0.25) is 9.59 Å². The lowest BCUT2D eigenvalue weighted by Crippen LogP contribution is -2.32. The maximum atomic E-state index is 12.0. The summed E-state index contributed by atoms with van der Waals surface area (Å²) in [6, 6.07) is 14.6. The van der Waals surface area contributed by atoms with Crippen LogP contribution in [0.15, 0.2) is 59.7 Å². The summed E-state index contributed by atoms with van der Waals surface area (Å²) in [7, 11) is 1.49. The summed E-state index contributed by atoms with van der Waals surface area (Å²) in [4.78, 5) is 24.0. The molecule has 176 valence electrons. The Morgan fingerprint density at radius 2 is 1.62 bits per heavy atom. The second kappa shape index (κ2) is 11.9. The van der Waals surface area contributed by atoms with Gasteiger partial charge in [0.05, 0.1) is 24.0 Å². The van der Waals surface area contributed by atoms with Crippen LogP contribution < -0.4 is 20.2 Å². The maximum Gasteiger partial charge on any atom is 0.329 e. The van der Waals surface area contributed by atoms with Gasteiger partial charge in [-0.25, -0.2) is 5.43 Å². The molecule has 3 aromatic rings. The van der Waals surface area contributed by atoms with Gasteiger partial charge in [0.2, 0.25) is 0 Å². The smallest absolute Gasteiger partial charge is 0.329 e. The number of hydrogen-bond donors (Lipinski definition) is 2. The average molecular weight is 541 g/mol. The van der Waals surface area contributed by atoms with E-state index in [4.69, 9.17) is 55.9 Å². The van der Waals surface area contributed by atoms with Crippen molar-refractivity contribution in [3.63, 3.8) is 0 Å². The van der Waals surface area contributed by atoms with E-state index in [-0.39, 0.29) is 17.3 Å². The summed E-state index contributed by atoms with van der Waals surface area (Å²) in [6.07, 6.45) is 1.35. The van der Waals surface area contributed by atoms with Crippen molar-refractivity contribution in [2.24, 2.45) is 5.10 Å². The molecule has 0 aromatic heterocycles. The molecule has 0 fully saturated rings. The number of benzene rings is 3. The van der Waals surface area contributed by atoms with Crippen LogP contribution >= 0.6 is 46.4 Å². The van der Waals surface area contributed by atoms with E-state index in [1.807, 2.05) is 0 Å². The standard InChI is InChI=1S/C23H17Cl4N3O4/c1-33-21-8-13(2-7-20(21)34-12-14-3-4-15(24)9-18(14)27)11-28-30-23(32)22(31)29-19-10-16(25)5-6-17(19)26/h2-11H,12H2,1H3,(H,29,31)(H,30,32)/b28-11+. The number of carbonyl (C=O) groups is 2. The van der Waals surface area contributed by atoms with Gasteiger partial charge in [-0.05, 0) is 54.1 Å². The van der Waals surface area contributed by atoms with Crippen molar-refractivity contribution in [1.29, 1.82) is 0 Å². The van der Waals surface area contributed by atoms with E-state index >= 15 is 0 Å². The molecule has 11 heteroatoms. The molecule has 0 aliphatic rings. The van der Waals surface area contributed by atoms with Crippen LogP contribution in [0.1, 0.15) is 11.1 Å². The van der Waals surface area contributed by atoms with Gasteiger partial charge >= 0.3 is 11.8 Å². The molecule has 0 bridgehead atoms. The molecule has 0 spiro atoms. The summed E-state index contributed by atoms with van der Waals surface area (Å²) in [5.41, 5.74) is 3.70. The van der Waals surface area contributed by atoms with Gasteiger partial charge in [-0.15, -0.1) is 0 Å². The second-order valence-electron chi connectivity index (χ2n) is 6.71. The molecule has 3 aromatic carbocycles. The van der Waals surface area contributed by atoms with Crippen molar-refractivity contribution in [2.45, 2.75) is 6.61 Å². The Morgan fingerprint density at radius 3 is 2.35 bits per heavy atom. The van der Waals surface area contributed by atoms with Crippen molar-refractivity contribution in [2.75, 3.05) is 12.4 Å². The largest absolute Gasteiger partial charge is 0.493 e. The summed E-state index contributed by atoms with van der Waals surface area (Å²) >= 11 is 23.9. The number of hydrazone groups is 1. The maximum absolute atomic E-state index is 12.0. The van der Waals surface area contributed by atoms with Gasteiger partial charge in [0.15, 0.2) is 11.5 Å². The van der Waals surface area contributed by atoms with E-state index in [1.54, 1.807) is 42.5 Å². The first-order valence-corrected chi connectivity index (χ1v) is 11.1. The van der Waals surface area contributed by atoms with Crippen molar-refractivity contribution in [1.82, 2.24) is 5.43 Å². The van der Waals surface area contributed by atoms with Crippen molar-refractivity contribution >= 4 is 70.1 Å². The quantitative estimate of drug-likeness (QED) is 0.219. The van der Waals surface area contributed by atoms with Crippen LogP contribution in [-0.2, 0) is 16.2 Å². The zero-order valence-corrected chi connectivity index (χ0v) is 20.6. The first-order valence-electron chi connectivity index (χ1n) is 9.61. The predicted octanol–water partition coefficient (Wildman–Crippen LogP) is 5.98. The van der Waals surface area contributed by atoms with Crippen LogP contribution in [-0.4, -0.2) is 25.1 Å². The van der Waals surface area contributed by atoms with Gasteiger partial charge in [-0.1, -0.05) is 52.5 Å². The average Bonchev–Trinajstić information content (AvgIpc) is 2.81. The van der Waals surface area contributed by atoms with E-state index < -0.39 is 11.8 Å². The lowest BCUT2D eigenvalue weighted by molar-refractivity contribution is -0.136. The number of halogens is 4. The fraction of sp³-hybridized carbons (Fsp3) is 0.0870. The van der Waals surface area contributed by atoms with Crippen LogP contribution in [0.4, 0.5) is 5.69 Å². The SMILES string of the molecule is COc1cc(/C=N/NC(=O)C(=O)Nc2cc(Cl)ccc2Cl)ccc1OCc1ccc(Cl)cc1Cl. The molecular weight excluding hydrogens is 524 g/mol. The third kappa shape index (κ3) is 7.01. The van der Waals surface area contributed by atoms with Crippen LogP contribution in [0.5, 0.6) is 11.5 Å². The second-order valence-corrected chi connectivity index (χ2v) is 8.40. The number of amides is 2. The lowest BCUT2D eigenvalue weighted by atomic mass is 10.2. The Kier molecular flexibility index (Phi) is 9.01. The molecule has 2 amide bonds. The van der Waals surface area contributed by atoms with Crippen molar-refractivity contribution in [3.8, 4) is 11.5 Å². The molecule has 0 saturated carbocycles. The zero-order valence-electron chi connectivity index (χ0n) is 17.6.